The summed E-state index contributed by atoms with van der Waals surface area (Å²) >= 11 is 1.88. The second-order valence-electron chi connectivity index (χ2n) is 10.9. The van der Waals surface area contributed by atoms with Crippen LogP contribution >= 0.6 is 11.8 Å². The molecular formula is C36H33NS. The molecule has 38 heavy (non-hydrogen) atoms. The van der Waals surface area contributed by atoms with Crippen molar-refractivity contribution in [3.05, 3.63) is 124 Å². The summed E-state index contributed by atoms with van der Waals surface area (Å²) in [6, 6.07) is 34.4. The zero-order valence-electron chi connectivity index (χ0n) is 23.0. The highest BCUT2D eigenvalue weighted by Gasteiger charge is 2.26. The third-order valence-electron chi connectivity index (χ3n) is 7.22. The first-order valence-electron chi connectivity index (χ1n) is 13.3. The van der Waals surface area contributed by atoms with Crippen LogP contribution in [0, 0.1) is 41.5 Å². The average molecular weight is 512 g/mol. The minimum absolute atomic E-state index is 1.19. The Morgan fingerprint density at radius 3 is 1.21 bits per heavy atom. The van der Waals surface area contributed by atoms with Gasteiger partial charge in [-0.25, -0.2) is 0 Å². The number of rotatable bonds is 3. The smallest absolute Gasteiger partial charge is 0.0601 e. The van der Waals surface area contributed by atoms with Crippen molar-refractivity contribution in [3.63, 3.8) is 0 Å². The van der Waals surface area contributed by atoms with Crippen LogP contribution in [0.4, 0.5) is 17.1 Å². The van der Waals surface area contributed by atoms with Gasteiger partial charge in [0.2, 0.25) is 0 Å². The molecule has 5 aromatic carbocycles. The molecule has 0 aliphatic carbocycles. The summed E-state index contributed by atoms with van der Waals surface area (Å²) in [4.78, 5) is 5.05. The lowest BCUT2D eigenvalue weighted by atomic mass is 9.94. The predicted molar refractivity (Wildman–Crippen MR) is 165 cm³/mol. The van der Waals surface area contributed by atoms with Gasteiger partial charge in [-0.3, -0.25) is 0 Å². The van der Waals surface area contributed by atoms with Crippen LogP contribution in [0.2, 0.25) is 0 Å². The quantitative estimate of drug-likeness (QED) is 0.232. The lowest BCUT2D eigenvalue weighted by molar-refractivity contribution is 1.15. The SMILES string of the molecule is Cc1cc(C)cc(-c2cc(-c3cc(C)cc(C)c3)cc(N3c4ccc(C)cc4Sc4cc(C)ccc43)c2)c1. The molecule has 5 aromatic rings. The van der Waals surface area contributed by atoms with Crippen molar-refractivity contribution >= 4 is 28.8 Å². The first-order valence-corrected chi connectivity index (χ1v) is 14.1. The number of aryl methyl sites for hydroxylation is 6. The van der Waals surface area contributed by atoms with E-state index in [9.17, 15) is 0 Å². The normalized spacial score (nSPS) is 12.3. The van der Waals surface area contributed by atoms with Gasteiger partial charge in [0.25, 0.3) is 0 Å². The minimum Gasteiger partial charge on any atom is -0.308 e. The highest BCUT2D eigenvalue weighted by molar-refractivity contribution is 7.99. The van der Waals surface area contributed by atoms with Crippen molar-refractivity contribution in [2.24, 2.45) is 0 Å². The third-order valence-corrected chi connectivity index (χ3v) is 8.31. The maximum Gasteiger partial charge on any atom is 0.0601 e. The van der Waals surface area contributed by atoms with Crippen molar-refractivity contribution in [1.82, 2.24) is 0 Å². The number of nitrogens with zero attached hydrogens (tertiary/aromatic N) is 1. The Balaban J connectivity index is 1.64. The molecule has 188 valence electrons. The summed E-state index contributed by atoms with van der Waals surface area (Å²) in [6.45, 7) is 13.1. The van der Waals surface area contributed by atoms with Crippen molar-refractivity contribution < 1.29 is 0 Å². The Morgan fingerprint density at radius 1 is 0.395 bits per heavy atom. The molecular weight excluding hydrogens is 478 g/mol. The topological polar surface area (TPSA) is 3.24 Å². The third kappa shape index (κ3) is 4.66. The molecule has 0 spiro atoms. The molecule has 1 nitrogen and oxygen atoms in total. The molecule has 0 amide bonds. The molecule has 0 radical (unpaired) electrons. The van der Waals surface area contributed by atoms with E-state index in [2.05, 4.69) is 137 Å². The molecule has 0 bridgehead atoms. The summed E-state index contributed by atoms with van der Waals surface area (Å²) < 4.78 is 0. The molecule has 0 atom stereocenters. The minimum atomic E-state index is 1.19. The van der Waals surface area contributed by atoms with Crippen molar-refractivity contribution in [1.29, 1.82) is 0 Å². The van der Waals surface area contributed by atoms with E-state index in [1.807, 2.05) is 11.8 Å². The Bertz CT molecular complexity index is 1550. The van der Waals surface area contributed by atoms with Crippen LogP contribution in [-0.4, -0.2) is 0 Å². The predicted octanol–water partition coefficient (Wildman–Crippen LogP) is 10.8. The Kier molecular flexibility index (Phi) is 6.16. The van der Waals surface area contributed by atoms with E-state index in [-0.39, 0.29) is 0 Å². The highest BCUT2D eigenvalue weighted by atomic mass is 32.2. The van der Waals surface area contributed by atoms with Gasteiger partial charge in [-0.15, -0.1) is 0 Å². The number of benzene rings is 5. The average Bonchev–Trinajstić information content (AvgIpc) is 2.85. The van der Waals surface area contributed by atoms with Crippen molar-refractivity contribution in [2.45, 2.75) is 51.3 Å². The van der Waals surface area contributed by atoms with Gasteiger partial charge in [0.1, 0.15) is 0 Å². The van der Waals surface area contributed by atoms with Gasteiger partial charge < -0.3 is 4.90 Å². The van der Waals surface area contributed by atoms with Crippen LogP contribution in [0.25, 0.3) is 22.3 Å². The van der Waals surface area contributed by atoms with E-state index in [1.165, 1.54) is 82.5 Å². The van der Waals surface area contributed by atoms with E-state index in [1.54, 1.807) is 0 Å². The van der Waals surface area contributed by atoms with Gasteiger partial charge in [0, 0.05) is 15.5 Å². The molecule has 0 saturated heterocycles. The second-order valence-corrected chi connectivity index (χ2v) is 12.0. The van der Waals surface area contributed by atoms with E-state index < -0.39 is 0 Å². The molecule has 0 unspecified atom stereocenters. The molecule has 0 N–H and O–H groups in total. The van der Waals surface area contributed by atoms with Crippen LogP contribution in [0.5, 0.6) is 0 Å². The lowest BCUT2D eigenvalue weighted by Crippen LogP contribution is -2.15. The Hall–Kier alpha value is -3.75. The van der Waals surface area contributed by atoms with Gasteiger partial charge in [-0.05, 0) is 117 Å². The summed E-state index contributed by atoms with van der Waals surface area (Å²) in [7, 11) is 0. The second kappa shape index (κ2) is 9.53. The van der Waals surface area contributed by atoms with E-state index in [4.69, 9.17) is 0 Å². The zero-order chi connectivity index (χ0) is 26.6. The largest absolute Gasteiger partial charge is 0.308 e. The van der Waals surface area contributed by atoms with Crippen LogP contribution in [-0.2, 0) is 0 Å². The van der Waals surface area contributed by atoms with Crippen LogP contribution in [0.1, 0.15) is 33.4 Å². The molecule has 1 aliphatic heterocycles. The monoisotopic (exact) mass is 511 g/mol. The van der Waals surface area contributed by atoms with Gasteiger partial charge in [-0.1, -0.05) is 82.5 Å². The van der Waals surface area contributed by atoms with Gasteiger partial charge in [0.15, 0.2) is 0 Å². The lowest BCUT2D eigenvalue weighted by Gasteiger charge is -2.34. The zero-order valence-corrected chi connectivity index (χ0v) is 23.8. The molecule has 1 aliphatic rings. The summed E-state index contributed by atoms with van der Waals surface area (Å²) in [6.07, 6.45) is 0. The molecule has 0 fully saturated rings. The van der Waals surface area contributed by atoms with Crippen LogP contribution < -0.4 is 4.90 Å². The van der Waals surface area contributed by atoms with Gasteiger partial charge in [0.05, 0.1) is 11.4 Å². The fourth-order valence-corrected chi connectivity index (χ4v) is 6.91. The number of fused-ring (bicyclic) bond motifs is 2. The van der Waals surface area contributed by atoms with Gasteiger partial charge in [-0.2, -0.15) is 0 Å². The molecule has 0 saturated carbocycles. The van der Waals surface area contributed by atoms with Crippen molar-refractivity contribution in [2.75, 3.05) is 4.90 Å². The summed E-state index contributed by atoms with van der Waals surface area (Å²) in [5, 5.41) is 0. The first kappa shape index (κ1) is 24.6. The molecule has 6 rings (SSSR count). The standard InChI is InChI=1S/C36H33NS/c1-22-7-9-33-35(17-22)38-36-18-23(2)8-10-34(36)37(33)32-20-30(28-13-24(3)11-25(4)14-28)19-31(21-32)29-15-26(5)12-27(6)16-29/h7-21H,1-6H3. The number of hydrogen-bond acceptors (Lipinski definition) is 2. The van der Waals surface area contributed by atoms with E-state index in [0.717, 1.165) is 0 Å². The fourth-order valence-electron chi connectivity index (χ4n) is 5.66. The number of hydrogen-bond donors (Lipinski definition) is 0. The molecule has 1 heterocycles. The number of anilines is 3. The van der Waals surface area contributed by atoms with E-state index >= 15 is 0 Å². The van der Waals surface area contributed by atoms with Crippen LogP contribution in [0.3, 0.4) is 0 Å². The fraction of sp³-hybridized carbons (Fsp3) is 0.167. The van der Waals surface area contributed by atoms with E-state index in [0.29, 0.717) is 0 Å². The molecule has 2 heteroatoms. The van der Waals surface area contributed by atoms with Crippen LogP contribution in [0.15, 0.2) is 101 Å². The Morgan fingerprint density at radius 2 is 0.789 bits per heavy atom. The first-order chi connectivity index (χ1) is 18.2. The Labute approximate surface area is 231 Å². The van der Waals surface area contributed by atoms with Gasteiger partial charge >= 0.3 is 0 Å². The summed E-state index contributed by atoms with van der Waals surface area (Å²) in [5.74, 6) is 0. The maximum atomic E-state index is 2.46. The highest BCUT2D eigenvalue weighted by Crippen LogP contribution is 2.52. The summed E-state index contributed by atoms with van der Waals surface area (Å²) in [5.41, 5.74) is 16.4. The van der Waals surface area contributed by atoms with Crippen molar-refractivity contribution in [3.8, 4) is 22.3 Å². The maximum absolute atomic E-state index is 2.46. The molecule has 0 aromatic heterocycles.